The molecule has 0 saturated carbocycles. The minimum Gasteiger partial charge on any atom is -0.365 e. The highest BCUT2D eigenvalue weighted by Gasteiger charge is 2.24. The third-order valence-electron chi connectivity index (χ3n) is 3.83. The van der Waals surface area contributed by atoms with Crippen molar-refractivity contribution in [2.24, 2.45) is 0 Å². The summed E-state index contributed by atoms with van der Waals surface area (Å²) in [5, 5.41) is 6.23. The molecule has 0 fully saturated rings. The Kier molecular flexibility index (Phi) is 3.53. The van der Waals surface area contributed by atoms with E-state index in [0.29, 0.717) is 6.04 Å². The number of anilines is 1. The van der Waals surface area contributed by atoms with Crippen LogP contribution in [0.3, 0.4) is 0 Å². The molecule has 1 N–H and O–H groups in total. The second-order valence-electron chi connectivity index (χ2n) is 5.14. The number of hydrogen-bond donors (Lipinski definition) is 1. The molecule has 0 unspecified atom stereocenters. The molecule has 1 aromatic heterocycles. The highest BCUT2D eigenvalue weighted by molar-refractivity contribution is 7.13. The number of aromatic nitrogens is 1. The van der Waals surface area contributed by atoms with Crippen molar-refractivity contribution in [3.63, 3.8) is 0 Å². The Bertz CT molecular complexity index is 539. The van der Waals surface area contributed by atoms with Crippen molar-refractivity contribution in [2.45, 2.75) is 25.4 Å². The number of likely N-dealkylation sites (N-methyl/N-ethyl adjacent to an activating group) is 1. The van der Waals surface area contributed by atoms with E-state index >= 15 is 0 Å². The van der Waals surface area contributed by atoms with Gasteiger partial charge in [0.25, 0.3) is 0 Å². The minimum atomic E-state index is 0.608. The molecule has 1 aliphatic carbocycles. The van der Waals surface area contributed by atoms with Crippen molar-refractivity contribution >= 4 is 16.5 Å². The van der Waals surface area contributed by atoms with E-state index in [9.17, 15) is 0 Å². The molecular weight excluding hydrogens is 254 g/mol. The van der Waals surface area contributed by atoms with Crippen LogP contribution >= 0.6 is 11.3 Å². The molecule has 0 bridgehead atoms. The van der Waals surface area contributed by atoms with Gasteiger partial charge >= 0.3 is 0 Å². The third-order valence-corrected chi connectivity index (χ3v) is 4.74. The molecule has 100 valence electrons. The lowest BCUT2D eigenvalue weighted by Crippen LogP contribution is -2.31. The number of nitrogens with one attached hydrogen (secondary N) is 1. The van der Waals surface area contributed by atoms with Gasteiger partial charge in [-0.15, -0.1) is 11.3 Å². The summed E-state index contributed by atoms with van der Waals surface area (Å²) in [7, 11) is 4.12. The molecular formula is C15H19N3S. The molecule has 3 rings (SSSR count). The summed E-state index contributed by atoms with van der Waals surface area (Å²) in [6.45, 7) is 0.927. The van der Waals surface area contributed by atoms with Crippen LogP contribution in [-0.4, -0.2) is 30.0 Å². The van der Waals surface area contributed by atoms with Gasteiger partial charge in [-0.25, -0.2) is 4.98 Å². The standard InChI is InChI=1S/C15H19N3S/c1-16-15-17-13(10-19-15)9-18(2)14-7-11-5-3-4-6-12(11)8-14/h3-6,10,14H,7-9H2,1-2H3,(H,16,17). The molecule has 4 heteroatoms. The molecule has 0 saturated heterocycles. The molecule has 1 aliphatic rings. The van der Waals surface area contributed by atoms with Crippen LogP contribution in [0, 0.1) is 0 Å². The maximum atomic E-state index is 4.55. The summed E-state index contributed by atoms with van der Waals surface area (Å²) >= 11 is 1.67. The van der Waals surface area contributed by atoms with E-state index in [1.165, 1.54) is 11.1 Å². The van der Waals surface area contributed by atoms with Gasteiger partial charge in [0, 0.05) is 25.0 Å². The molecule has 1 aromatic carbocycles. The number of benzene rings is 1. The van der Waals surface area contributed by atoms with Crippen molar-refractivity contribution in [1.29, 1.82) is 0 Å². The lowest BCUT2D eigenvalue weighted by Gasteiger charge is -2.23. The number of thiazole rings is 1. The maximum Gasteiger partial charge on any atom is 0.182 e. The van der Waals surface area contributed by atoms with Crippen LogP contribution < -0.4 is 5.32 Å². The second kappa shape index (κ2) is 5.31. The fourth-order valence-electron chi connectivity index (χ4n) is 2.73. The molecule has 0 aliphatic heterocycles. The number of rotatable bonds is 4. The van der Waals surface area contributed by atoms with Crippen LogP contribution in [0.25, 0.3) is 0 Å². The summed E-state index contributed by atoms with van der Waals surface area (Å²) in [6, 6.07) is 9.40. The van der Waals surface area contributed by atoms with Crippen molar-refractivity contribution in [1.82, 2.24) is 9.88 Å². The fourth-order valence-corrected chi connectivity index (χ4v) is 3.39. The van der Waals surface area contributed by atoms with E-state index in [1.54, 1.807) is 11.3 Å². The van der Waals surface area contributed by atoms with Gasteiger partial charge in [-0.05, 0) is 31.0 Å². The Morgan fingerprint density at radius 2 is 2.00 bits per heavy atom. The van der Waals surface area contributed by atoms with Gasteiger partial charge in [0.05, 0.1) is 5.69 Å². The minimum absolute atomic E-state index is 0.608. The van der Waals surface area contributed by atoms with Crippen molar-refractivity contribution in [2.75, 3.05) is 19.4 Å². The Balaban J connectivity index is 1.65. The second-order valence-corrected chi connectivity index (χ2v) is 6.00. The van der Waals surface area contributed by atoms with Gasteiger partial charge in [-0.1, -0.05) is 24.3 Å². The monoisotopic (exact) mass is 273 g/mol. The van der Waals surface area contributed by atoms with Gasteiger partial charge in [-0.3, -0.25) is 4.90 Å². The quantitative estimate of drug-likeness (QED) is 0.928. The molecule has 2 aromatic rings. The van der Waals surface area contributed by atoms with Crippen LogP contribution in [0.15, 0.2) is 29.6 Å². The van der Waals surface area contributed by atoms with Gasteiger partial charge in [0.2, 0.25) is 0 Å². The summed E-state index contributed by atoms with van der Waals surface area (Å²) in [5.41, 5.74) is 4.18. The highest BCUT2D eigenvalue weighted by Crippen LogP contribution is 2.26. The van der Waals surface area contributed by atoms with Crippen LogP contribution in [0.5, 0.6) is 0 Å². The van der Waals surface area contributed by atoms with Crippen molar-refractivity contribution < 1.29 is 0 Å². The molecule has 0 atom stereocenters. The molecule has 1 heterocycles. The molecule has 0 spiro atoms. The van der Waals surface area contributed by atoms with E-state index in [4.69, 9.17) is 0 Å². The molecule has 0 amide bonds. The van der Waals surface area contributed by atoms with Crippen LogP contribution in [0.2, 0.25) is 0 Å². The first kappa shape index (κ1) is 12.6. The Hall–Kier alpha value is -1.39. The average molecular weight is 273 g/mol. The topological polar surface area (TPSA) is 28.2 Å². The smallest absolute Gasteiger partial charge is 0.182 e. The first-order valence-corrected chi connectivity index (χ1v) is 7.53. The molecule has 0 radical (unpaired) electrons. The van der Waals surface area contributed by atoms with E-state index in [2.05, 4.69) is 51.9 Å². The Morgan fingerprint density at radius 1 is 1.32 bits per heavy atom. The molecule has 19 heavy (non-hydrogen) atoms. The summed E-state index contributed by atoms with van der Waals surface area (Å²) in [5.74, 6) is 0. The van der Waals surface area contributed by atoms with Crippen LogP contribution in [-0.2, 0) is 19.4 Å². The Labute approximate surface area is 118 Å². The van der Waals surface area contributed by atoms with Crippen molar-refractivity contribution in [3.05, 3.63) is 46.5 Å². The Morgan fingerprint density at radius 3 is 2.58 bits per heavy atom. The van der Waals surface area contributed by atoms with E-state index in [-0.39, 0.29) is 0 Å². The van der Waals surface area contributed by atoms with Gasteiger partial charge in [-0.2, -0.15) is 0 Å². The van der Waals surface area contributed by atoms with Gasteiger partial charge < -0.3 is 5.32 Å². The zero-order valence-corrected chi connectivity index (χ0v) is 12.2. The summed E-state index contributed by atoms with van der Waals surface area (Å²) in [4.78, 5) is 6.98. The first-order valence-electron chi connectivity index (χ1n) is 6.65. The largest absolute Gasteiger partial charge is 0.365 e. The zero-order valence-electron chi connectivity index (χ0n) is 11.4. The lowest BCUT2D eigenvalue weighted by atomic mass is 10.1. The normalized spacial score (nSPS) is 14.9. The van der Waals surface area contributed by atoms with Crippen LogP contribution in [0.4, 0.5) is 5.13 Å². The average Bonchev–Trinajstić information content (AvgIpc) is 3.04. The van der Waals surface area contributed by atoms with Crippen LogP contribution in [0.1, 0.15) is 16.8 Å². The van der Waals surface area contributed by atoms with Gasteiger partial charge in [0.15, 0.2) is 5.13 Å². The number of nitrogens with zero attached hydrogens (tertiary/aromatic N) is 2. The molecule has 3 nitrogen and oxygen atoms in total. The SMILES string of the molecule is CNc1nc(CN(C)C2Cc3ccccc3C2)cs1. The van der Waals surface area contributed by atoms with E-state index in [0.717, 1.165) is 30.2 Å². The number of hydrogen-bond acceptors (Lipinski definition) is 4. The van der Waals surface area contributed by atoms with E-state index in [1.807, 2.05) is 7.05 Å². The highest BCUT2D eigenvalue weighted by atomic mass is 32.1. The van der Waals surface area contributed by atoms with Crippen molar-refractivity contribution in [3.8, 4) is 0 Å². The van der Waals surface area contributed by atoms with E-state index < -0.39 is 0 Å². The first-order chi connectivity index (χ1) is 9.26. The number of fused-ring (bicyclic) bond motifs is 1. The zero-order chi connectivity index (χ0) is 13.2. The third kappa shape index (κ3) is 2.65. The maximum absolute atomic E-state index is 4.55. The predicted molar refractivity (Wildman–Crippen MR) is 80.8 cm³/mol. The predicted octanol–water partition coefficient (Wildman–Crippen LogP) is 2.78. The fraction of sp³-hybridized carbons (Fsp3) is 0.400. The van der Waals surface area contributed by atoms with Gasteiger partial charge in [0.1, 0.15) is 0 Å². The lowest BCUT2D eigenvalue weighted by molar-refractivity contribution is 0.238. The summed E-state index contributed by atoms with van der Waals surface area (Å²) < 4.78 is 0. The summed E-state index contributed by atoms with van der Waals surface area (Å²) in [6.07, 6.45) is 2.32.